The first-order valence-electron chi connectivity index (χ1n) is 8.23. The normalized spacial score (nSPS) is 11.3. The van der Waals surface area contributed by atoms with Gasteiger partial charge < -0.3 is 4.90 Å². The summed E-state index contributed by atoms with van der Waals surface area (Å²) in [6.45, 7) is 1.40. The minimum absolute atomic E-state index is 0.115. The van der Waals surface area contributed by atoms with Crippen molar-refractivity contribution in [3.8, 4) is 0 Å². The molecule has 26 heavy (non-hydrogen) atoms. The molecule has 3 aromatic rings. The van der Waals surface area contributed by atoms with E-state index in [-0.39, 0.29) is 11.7 Å². The molecule has 0 fully saturated rings. The number of hydrogen-bond donors (Lipinski definition) is 0. The van der Waals surface area contributed by atoms with Crippen LogP contribution in [-0.4, -0.2) is 43.0 Å². The van der Waals surface area contributed by atoms with E-state index in [4.69, 9.17) is 0 Å². The van der Waals surface area contributed by atoms with Crippen molar-refractivity contribution in [2.75, 3.05) is 32.1 Å². The molecule has 136 valence electrons. The van der Waals surface area contributed by atoms with Crippen LogP contribution in [0.1, 0.15) is 16.8 Å². The molecule has 4 nitrogen and oxygen atoms in total. The number of halogens is 2. The first-order valence-corrected chi connectivity index (χ1v) is 9.84. The van der Waals surface area contributed by atoms with Crippen molar-refractivity contribution in [3.63, 3.8) is 0 Å². The zero-order valence-electron chi connectivity index (χ0n) is 14.6. The molecule has 0 aliphatic carbocycles. The Morgan fingerprint density at radius 2 is 1.96 bits per heavy atom. The van der Waals surface area contributed by atoms with Crippen LogP contribution in [0, 0.1) is 5.82 Å². The lowest BCUT2D eigenvalue weighted by atomic mass is 10.2. The van der Waals surface area contributed by atoms with Gasteiger partial charge in [0.15, 0.2) is 5.13 Å². The van der Waals surface area contributed by atoms with Crippen LogP contribution in [-0.2, 0) is 0 Å². The maximum Gasteiger partial charge on any atom is 0.261 e. The predicted molar refractivity (Wildman–Crippen MR) is 109 cm³/mol. The van der Waals surface area contributed by atoms with E-state index in [1.807, 2.05) is 32.3 Å². The first kappa shape index (κ1) is 18.9. The molecular weight excluding hydrogens is 417 g/mol. The number of nitrogens with zero attached hydrogens (tertiary/aromatic N) is 3. The molecule has 0 saturated carbocycles. The van der Waals surface area contributed by atoms with Gasteiger partial charge in [-0.1, -0.05) is 23.5 Å². The Balaban J connectivity index is 1.96. The molecule has 1 aromatic heterocycles. The van der Waals surface area contributed by atoms with E-state index in [2.05, 4.69) is 25.8 Å². The number of anilines is 1. The number of carbonyl (C=O) groups excluding carboxylic acids is 1. The van der Waals surface area contributed by atoms with Crippen molar-refractivity contribution >= 4 is 48.5 Å². The number of thiazole rings is 1. The van der Waals surface area contributed by atoms with E-state index < -0.39 is 0 Å². The van der Waals surface area contributed by atoms with Gasteiger partial charge >= 0.3 is 0 Å². The van der Waals surface area contributed by atoms with Gasteiger partial charge in [-0.05, 0) is 73.3 Å². The number of aromatic nitrogens is 1. The van der Waals surface area contributed by atoms with Crippen molar-refractivity contribution in [2.24, 2.45) is 0 Å². The van der Waals surface area contributed by atoms with Gasteiger partial charge in [0.2, 0.25) is 0 Å². The Hall–Kier alpha value is -1.83. The smallest absolute Gasteiger partial charge is 0.261 e. The van der Waals surface area contributed by atoms with Gasteiger partial charge in [-0.15, -0.1) is 0 Å². The van der Waals surface area contributed by atoms with Crippen LogP contribution in [0.4, 0.5) is 9.52 Å². The predicted octanol–water partition coefficient (Wildman–Crippen LogP) is 4.80. The van der Waals surface area contributed by atoms with Crippen LogP contribution in [0.25, 0.3) is 10.2 Å². The van der Waals surface area contributed by atoms with Crippen molar-refractivity contribution in [1.82, 2.24) is 9.88 Å². The zero-order valence-corrected chi connectivity index (χ0v) is 17.0. The molecule has 1 amide bonds. The Kier molecular flexibility index (Phi) is 6.01. The minimum atomic E-state index is -0.302. The fraction of sp³-hybridized carbons (Fsp3) is 0.263. The van der Waals surface area contributed by atoms with Crippen molar-refractivity contribution in [3.05, 3.63) is 58.3 Å². The number of carbonyl (C=O) groups is 1. The summed E-state index contributed by atoms with van der Waals surface area (Å²) in [5.74, 6) is -0.417. The molecule has 7 heteroatoms. The molecule has 3 rings (SSSR count). The Labute approximate surface area is 164 Å². The summed E-state index contributed by atoms with van der Waals surface area (Å²) in [6.07, 6.45) is 0.813. The molecule has 0 N–H and O–H groups in total. The molecule has 0 saturated heterocycles. The highest BCUT2D eigenvalue weighted by Gasteiger charge is 2.22. The maximum absolute atomic E-state index is 13.5. The number of benzene rings is 2. The van der Waals surface area contributed by atoms with Crippen LogP contribution in [0.2, 0.25) is 0 Å². The number of fused-ring (bicyclic) bond motifs is 1. The van der Waals surface area contributed by atoms with Crippen molar-refractivity contribution in [2.45, 2.75) is 6.42 Å². The van der Waals surface area contributed by atoms with Gasteiger partial charge in [0.05, 0.1) is 15.8 Å². The Morgan fingerprint density at radius 1 is 1.19 bits per heavy atom. The molecule has 0 radical (unpaired) electrons. The monoisotopic (exact) mass is 435 g/mol. The molecule has 0 atom stereocenters. The van der Waals surface area contributed by atoms with E-state index in [9.17, 15) is 9.18 Å². The lowest BCUT2D eigenvalue weighted by Crippen LogP contribution is -2.33. The van der Waals surface area contributed by atoms with Gasteiger partial charge in [-0.3, -0.25) is 9.69 Å². The second-order valence-corrected chi connectivity index (χ2v) is 8.07. The van der Waals surface area contributed by atoms with Crippen molar-refractivity contribution < 1.29 is 9.18 Å². The average molecular weight is 436 g/mol. The molecule has 0 aliphatic heterocycles. The van der Waals surface area contributed by atoms with Gasteiger partial charge in [0.25, 0.3) is 5.91 Å². The molecule has 0 aliphatic rings. The third-order valence-electron chi connectivity index (χ3n) is 3.91. The Bertz CT molecular complexity index is 928. The maximum atomic E-state index is 13.5. The average Bonchev–Trinajstić information content (AvgIpc) is 3.01. The SMILES string of the molecule is CN(C)CCCN(C(=O)c1ccccc1Br)c1nc2ccc(F)cc2s1. The second-order valence-electron chi connectivity index (χ2n) is 6.20. The van der Waals surface area contributed by atoms with E-state index >= 15 is 0 Å². The summed E-state index contributed by atoms with van der Waals surface area (Å²) < 4.78 is 15.0. The van der Waals surface area contributed by atoms with Crippen LogP contribution in [0.15, 0.2) is 46.9 Å². The molecule has 0 spiro atoms. The van der Waals surface area contributed by atoms with Crippen molar-refractivity contribution in [1.29, 1.82) is 0 Å². The fourth-order valence-electron chi connectivity index (χ4n) is 2.61. The van der Waals surface area contributed by atoms with Crippen LogP contribution < -0.4 is 4.90 Å². The van der Waals surface area contributed by atoms with E-state index in [0.717, 1.165) is 22.1 Å². The summed E-state index contributed by atoms with van der Waals surface area (Å²) in [6, 6.07) is 11.8. The molecule has 0 unspecified atom stereocenters. The molecular formula is C19H19BrFN3OS. The summed E-state index contributed by atoms with van der Waals surface area (Å²) >= 11 is 4.78. The number of amides is 1. The van der Waals surface area contributed by atoms with Gasteiger partial charge in [0.1, 0.15) is 5.82 Å². The minimum Gasteiger partial charge on any atom is -0.309 e. The molecule has 0 bridgehead atoms. The largest absolute Gasteiger partial charge is 0.309 e. The first-order chi connectivity index (χ1) is 12.5. The third-order valence-corrected chi connectivity index (χ3v) is 5.64. The van der Waals surface area contributed by atoms with Gasteiger partial charge in [-0.2, -0.15) is 0 Å². The highest BCUT2D eigenvalue weighted by atomic mass is 79.9. The van der Waals surface area contributed by atoms with Crippen LogP contribution >= 0.6 is 27.3 Å². The van der Waals surface area contributed by atoms with Crippen LogP contribution in [0.3, 0.4) is 0 Å². The van der Waals surface area contributed by atoms with E-state index in [1.165, 1.54) is 23.5 Å². The highest BCUT2D eigenvalue weighted by molar-refractivity contribution is 9.10. The summed E-state index contributed by atoms with van der Waals surface area (Å²) in [5.41, 5.74) is 1.28. The summed E-state index contributed by atoms with van der Waals surface area (Å²) in [7, 11) is 4.00. The third kappa shape index (κ3) is 4.28. The lowest BCUT2D eigenvalue weighted by molar-refractivity contribution is 0.0985. The molecule has 2 aromatic carbocycles. The standard InChI is InChI=1S/C19H19BrFN3OS/c1-23(2)10-5-11-24(18(25)14-6-3-4-7-15(14)20)19-22-16-9-8-13(21)12-17(16)26-19/h3-4,6-9,12H,5,10-11H2,1-2H3. The summed E-state index contributed by atoms with van der Waals surface area (Å²) in [5, 5.41) is 0.588. The highest BCUT2D eigenvalue weighted by Crippen LogP contribution is 2.31. The van der Waals surface area contributed by atoms with Gasteiger partial charge in [-0.25, -0.2) is 9.37 Å². The Morgan fingerprint density at radius 3 is 2.69 bits per heavy atom. The van der Waals surface area contributed by atoms with Gasteiger partial charge in [0, 0.05) is 11.0 Å². The van der Waals surface area contributed by atoms with E-state index in [0.29, 0.717) is 22.8 Å². The molecule has 1 heterocycles. The topological polar surface area (TPSA) is 36.4 Å². The summed E-state index contributed by atoms with van der Waals surface area (Å²) in [4.78, 5) is 21.5. The van der Waals surface area contributed by atoms with E-state index in [1.54, 1.807) is 17.0 Å². The zero-order chi connectivity index (χ0) is 18.7. The second kappa shape index (κ2) is 8.24. The fourth-order valence-corrected chi connectivity index (χ4v) is 4.08. The lowest BCUT2D eigenvalue weighted by Gasteiger charge is -2.21. The van der Waals surface area contributed by atoms with Crippen LogP contribution in [0.5, 0.6) is 0 Å². The quantitative estimate of drug-likeness (QED) is 0.557. The number of rotatable bonds is 6. The number of hydrogen-bond acceptors (Lipinski definition) is 4.